The molecular weight excluding hydrogens is 332 g/mol. The molecular formula is C16H14N2O5S. The van der Waals surface area contributed by atoms with Crippen molar-refractivity contribution in [1.29, 1.82) is 0 Å². The number of thiophene rings is 1. The van der Waals surface area contributed by atoms with Gasteiger partial charge in [-0.15, -0.1) is 11.3 Å². The third kappa shape index (κ3) is 3.00. The Kier molecular flexibility index (Phi) is 4.30. The number of carboxylic acids is 1. The Morgan fingerprint density at radius 3 is 2.67 bits per heavy atom. The fraction of sp³-hybridized carbons (Fsp3) is 0.250. The van der Waals surface area contributed by atoms with Crippen molar-refractivity contribution in [2.45, 2.75) is 18.9 Å². The highest BCUT2D eigenvalue weighted by Crippen LogP contribution is 2.35. The van der Waals surface area contributed by atoms with Crippen molar-refractivity contribution < 1.29 is 19.6 Å². The molecule has 0 aliphatic carbocycles. The second-order valence-corrected chi connectivity index (χ2v) is 6.48. The largest absolute Gasteiger partial charge is 0.478 e. The van der Waals surface area contributed by atoms with Crippen LogP contribution in [0.4, 0.5) is 5.69 Å². The maximum atomic E-state index is 12.8. The van der Waals surface area contributed by atoms with E-state index in [0.29, 0.717) is 6.54 Å². The Morgan fingerprint density at radius 1 is 1.29 bits per heavy atom. The molecule has 124 valence electrons. The normalized spacial score (nSPS) is 17.0. The van der Waals surface area contributed by atoms with E-state index in [1.54, 1.807) is 16.2 Å². The number of nitro benzene ring substituents is 1. The van der Waals surface area contributed by atoms with Gasteiger partial charge >= 0.3 is 5.97 Å². The molecule has 1 aliphatic heterocycles. The zero-order valence-corrected chi connectivity index (χ0v) is 13.4. The molecule has 7 nitrogen and oxygen atoms in total. The van der Waals surface area contributed by atoms with Gasteiger partial charge in [-0.25, -0.2) is 4.79 Å². The zero-order chi connectivity index (χ0) is 17.3. The molecule has 0 saturated carbocycles. The first-order valence-electron chi connectivity index (χ1n) is 7.34. The Labute approximate surface area is 141 Å². The van der Waals surface area contributed by atoms with E-state index in [1.807, 2.05) is 17.5 Å². The maximum absolute atomic E-state index is 12.8. The number of hydrogen-bond acceptors (Lipinski definition) is 5. The van der Waals surface area contributed by atoms with Crippen LogP contribution in [0.25, 0.3) is 0 Å². The van der Waals surface area contributed by atoms with Gasteiger partial charge in [-0.2, -0.15) is 0 Å². The lowest BCUT2D eigenvalue weighted by Gasteiger charge is -2.24. The number of amides is 1. The molecule has 1 aromatic carbocycles. The van der Waals surface area contributed by atoms with E-state index in [2.05, 4.69) is 0 Å². The molecule has 2 aromatic rings. The topological polar surface area (TPSA) is 101 Å². The molecule has 1 aliphatic rings. The van der Waals surface area contributed by atoms with Crippen LogP contribution >= 0.6 is 11.3 Å². The summed E-state index contributed by atoms with van der Waals surface area (Å²) in [6, 6.07) is 7.10. The standard InChI is InChI=1S/C16H14N2O5S/c19-15(17-5-1-3-13(17)14-4-2-6-24-14)10-7-11(16(20)21)9-12(8-10)18(22)23/h2,4,6-9,13H,1,3,5H2,(H,20,21). The second-order valence-electron chi connectivity index (χ2n) is 5.50. The van der Waals surface area contributed by atoms with Gasteiger partial charge in [0.05, 0.1) is 16.5 Å². The van der Waals surface area contributed by atoms with Crippen LogP contribution in [0.2, 0.25) is 0 Å². The lowest BCUT2D eigenvalue weighted by Crippen LogP contribution is -2.30. The fourth-order valence-corrected chi connectivity index (χ4v) is 3.79. The number of carbonyl (C=O) groups excluding carboxylic acids is 1. The van der Waals surface area contributed by atoms with Gasteiger partial charge < -0.3 is 10.0 Å². The number of carbonyl (C=O) groups is 2. The molecule has 3 rings (SSSR count). The van der Waals surface area contributed by atoms with E-state index in [9.17, 15) is 19.7 Å². The van der Waals surface area contributed by atoms with Gasteiger partial charge in [-0.3, -0.25) is 14.9 Å². The summed E-state index contributed by atoms with van der Waals surface area (Å²) in [5.74, 6) is -1.68. The van der Waals surface area contributed by atoms with Gasteiger partial charge in [0, 0.05) is 29.1 Å². The van der Waals surface area contributed by atoms with Crippen molar-refractivity contribution in [3.05, 3.63) is 61.8 Å². The molecule has 8 heteroatoms. The number of nitrogens with zero attached hydrogens (tertiary/aromatic N) is 2. The summed E-state index contributed by atoms with van der Waals surface area (Å²) in [5, 5.41) is 22.1. The second kappa shape index (κ2) is 6.40. The van der Waals surface area contributed by atoms with Crippen molar-refractivity contribution in [2.24, 2.45) is 0 Å². The number of nitro groups is 1. The molecule has 1 saturated heterocycles. The summed E-state index contributed by atoms with van der Waals surface area (Å²) in [7, 11) is 0. The predicted molar refractivity (Wildman–Crippen MR) is 87.4 cm³/mol. The van der Waals surface area contributed by atoms with E-state index >= 15 is 0 Å². The minimum absolute atomic E-state index is 0.0325. The summed E-state index contributed by atoms with van der Waals surface area (Å²) in [6.45, 7) is 0.548. The Balaban J connectivity index is 1.97. The Hall–Kier alpha value is -2.74. The summed E-state index contributed by atoms with van der Waals surface area (Å²) in [4.78, 5) is 37.0. The van der Waals surface area contributed by atoms with Gasteiger partial charge in [0.15, 0.2) is 0 Å². The highest BCUT2D eigenvalue weighted by Gasteiger charge is 2.32. The number of hydrogen-bond donors (Lipinski definition) is 1. The number of likely N-dealkylation sites (tertiary alicyclic amines) is 1. The third-order valence-corrected chi connectivity index (χ3v) is 4.98. The minimum atomic E-state index is -1.30. The van der Waals surface area contributed by atoms with Crippen LogP contribution in [-0.2, 0) is 0 Å². The molecule has 1 aromatic heterocycles. The molecule has 1 unspecified atom stereocenters. The molecule has 24 heavy (non-hydrogen) atoms. The molecule has 1 fully saturated rings. The van der Waals surface area contributed by atoms with Crippen molar-refractivity contribution >= 4 is 28.9 Å². The first-order valence-corrected chi connectivity index (χ1v) is 8.22. The van der Waals surface area contributed by atoms with Gasteiger partial charge in [-0.1, -0.05) is 6.07 Å². The van der Waals surface area contributed by atoms with Crippen molar-refractivity contribution in [3.63, 3.8) is 0 Å². The highest BCUT2D eigenvalue weighted by atomic mass is 32.1. The molecule has 1 N–H and O–H groups in total. The molecule has 1 amide bonds. The summed E-state index contributed by atoms with van der Waals surface area (Å²) in [6.07, 6.45) is 1.67. The Bertz CT molecular complexity index is 771. The van der Waals surface area contributed by atoms with E-state index in [0.717, 1.165) is 29.9 Å². The summed E-state index contributed by atoms with van der Waals surface area (Å²) < 4.78 is 0. The average Bonchev–Trinajstić information content (AvgIpc) is 3.24. The van der Waals surface area contributed by atoms with Crippen molar-refractivity contribution in [2.75, 3.05) is 6.54 Å². The van der Waals surface area contributed by atoms with Crippen LogP contribution in [0.1, 0.15) is 44.5 Å². The lowest BCUT2D eigenvalue weighted by atomic mass is 10.1. The quantitative estimate of drug-likeness (QED) is 0.676. The molecule has 1 atom stereocenters. The molecule has 0 spiro atoms. The van der Waals surface area contributed by atoms with Crippen LogP contribution in [-0.4, -0.2) is 33.4 Å². The Morgan fingerprint density at radius 2 is 2.04 bits per heavy atom. The molecule has 2 heterocycles. The minimum Gasteiger partial charge on any atom is -0.478 e. The number of benzene rings is 1. The van der Waals surface area contributed by atoms with Crippen LogP contribution in [0.15, 0.2) is 35.7 Å². The van der Waals surface area contributed by atoms with Crippen LogP contribution in [0, 0.1) is 10.1 Å². The van der Waals surface area contributed by atoms with Gasteiger partial charge in [0.2, 0.25) is 0 Å². The van der Waals surface area contributed by atoms with Crippen LogP contribution in [0.5, 0.6) is 0 Å². The van der Waals surface area contributed by atoms with E-state index in [1.165, 1.54) is 6.07 Å². The number of aromatic carboxylic acids is 1. The van der Waals surface area contributed by atoms with Gasteiger partial charge in [0.1, 0.15) is 0 Å². The number of non-ortho nitro benzene ring substituents is 1. The fourth-order valence-electron chi connectivity index (χ4n) is 2.92. The SMILES string of the molecule is O=C(O)c1cc(C(=O)N2CCCC2c2cccs2)cc([N+](=O)[O-])c1. The smallest absolute Gasteiger partial charge is 0.335 e. The predicted octanol–water partition coefficient (Wildman–Crippen LogP) is 3.33. The van der Waals surface area contributed by atoms with Gasteiger partial charge in [0.25, 0.3) is 11.6 Å². The molecule has 0 bridgehead atoms. The zero-order valence-electron chi connectivity index (χ0n) is 12.5. The van der Waals surface area contributed by atoms with Crippen molar-refractivity contribution in [3.8, 4) is 0 Å². The maximum Gasteiger partial charge on any atom is 0.335 e. The van der Waals surface area contributed by atoms with Gasteiger partial charge in [-0.05, 0) is 30.4 Å². The monoisotopic (exact) mass is 346 g/mol. The van der Waals surface area contributed by atoms with Crippen LogP contribution in [0.3, 0.4) is 0 Å². The first kappa shape index (κ1) is 16.1. The van der Waals surface area contributed by atoms with Crippen LogP contribution < -0.4 is 0 Å². The first-order chi connectivity index (χ1) is 11.5. The summed E-state index contributed by atoms with van der Waals surface area (Å²) in [5.41, 5.74) is -0.630. The van der Waals surface area contributed by atoms with E-state index in [4.69, 9.17) is 5.11 Å². The van der Waals surface area contributed by atoms with E-state index in [-0.39, 0.29) is 23.1 Å². The average molecular weight is 346 g/mol. The van der Waals surface area contributed by atoms with Crippen molar-refractivity contribution in [1.82, 2.24) is 4.90 Å². The third-order valence-electron chi connectivity index (χ3n) is 4.01. The number of rotatable bonds is 4. The lowest BCUT2D eigenvalue weighted by molar-refractivity contribution is -0.384. The number of carboxylic acid groups (broad SMARTS) is 1. The molecule has 0 radical (unpaired) electrons. The summed E-state index contributed by atoms with van der Waals surface area (Å²) >= 11 is 1.56. The highest BCUT2D eigenvalue weighted by molar-refractivity contribution is 7.10. The van der Waals surface area contributed by atoms with E-state index < -0.39 is 16.6 Å².